The molecule has 0 spiro atoms. The van der Waals surface area contributed by atoms with Gasteiger partial charge in [0.2, 0.25) is 5.54 Å². The second kappa shape index (κ2) is 3.90. The van der Waals surface area contributed by atoms with Crippen molar-refractivity contribution in [3.63, 3.8) is 0 Å². The molecule has 0 aromatic heterocycles. The van der Waals surface area contributed by atoms with E-state index in [-0.39, 0.29) is 5.54 Å². The summed E-state index contributed by atoms with van der Waals surface area (Å²) in [6.45, 7) is 16.0. The van der Waals surface area contributed by atoms with E-state index in [1.54, 1.807) is 12.2 Å². The molecule has 0 unspecified atom stereocenters. The number of hydrogen-bond acceptors (Lipinski definition) is 0. The number of hydrogen-bond donors (Lipinski definition) is 0. The lowest BCUT2D eigenvalue weighted by Gasteiger charge is -2.11. The van der Waals surface area contributed by atoms with Crippen LogP contribution in [0.3, 0.4) is 0 Å². The highest BCUT2D eigenvalue weighted by molar-refractivity contribution is 5.02. The maximum atomic E-state index is 6.89. The smallest absolute Gasteiger partial charge is 0.236 e. The van der Waals surface area contributed by atoms with Gasteiger partial charge in [-0.3, -0.25) is 0 Å². The minimum Gasteiger partial charge on any atom is -0.310 e. The average Bonchev–Trinajstić information content (AvgIpc) is 1.89. The molecule has 0 bridgehead atoms. The van der Waals surface area contributed by atoms with Gasteiger partial charge in [0, 0.05) is 19.8 Å². The molecule has 0 heterocycles. The summed E-state index contributed by atoms with van der Waals surface area (Å²) < 4.78 is 0. The van der Waals surface area contributed by atoms with E-state index in [4.69, 9.17) is 6.57 Å². The Kier molecular flexibility index (Phi) is 3.49. The Morgan fingerprint density at radius 2 is 1.80 bits per heavy atom. The summed E-state index contributed by atoms with van der Waals surface area (Å²) in [5.74, 6) is 0. The van der Waals surface area contributed by atoms with E-state index in [0.717, 1.165) is 12.8 Å². The lowest BCUT2D eigenvalue weighted by atomic mass is 9.95. The molecule has 0 N–H and O–H groups in total. The first-order valence-electron chi connectivity index (χ1n) is 3.29. The molecule has 0 aliphatic heterocycles. The van der Waals surface area contributed by atoms with Gasteiger partial charge in [-0.1, -0.05) is 12.2 Å². The summed E-state index contributed by atoms with van der Waals surface area (Å²) in [5, 5.41) is 0. The van der Waals surface area contributed by atoms with Crippen molar-refractivity contribution >= 4 is 0 Å². The number of nitrogens with zero attached hydrogens (tertiary/aromatic N) is 1. The molecule has 0 radical (unpaired) electrons. The third kappa shape index (κ3) is 2.50. The van der Waals surface area contributed by atoms with E-state index in [2.05, 4.69) is 18.0 Å². The highest BCUT2D eigenvalue weighted by atomic mass is 14.8. The third-order valence-corrected chi connectivity index (χ3v) is 1.44. The van der Waals surface area contributed by atoms with Crippen LogP contribution < -0.4 is 0 Å². The van der Waals surface area contributed by atoms with Crippen LogP contribution in [0.15, 0.2) is 25.3 Å². The molecular weight excluding hydrogens is 122 g/mol. The molecule has 0 fully saturated rings. The predicted molar refractivity (Wildman–Crippen MR) is 44.6 cm³/mol. The topological polar surface area (TPSA) is 4.36 Å². The molecular formula is C9H13N. The fourth-order valence-corrected chi connectivity index (χ4v) is 0.797. The van der Waals surface area contributed by atoms with E-state index in [1.807, 2.05) is 6.92 Å². The first-order chi connectivity index (χ1) is 4.68. The van der Waals surface area contributed by atoms with Crippen LogP contribution in [-0.4, -0.2) is 5.54 Å². The van der Waals surface area contributed by atoms with Crippen molar-refractivity contribution in [1.29, 1.82) is 0 Å². The van der Waals surface area contributed by atoms with Crippen molar-refractivity contribution in [2.45, 2.75) is 25.3 Å². The summed E-state index contributed by atoms with van der Waals surface area (Å²) in [6.07, 6.45) is 5.04. The molecule has 0 rings (SSSR count). The SMILES string of the molecule is [C-]#[N+]C(C)(CC=C)CC=C. The van der Waals surface area contributed by atoms with Crippen LogP contribution in [0.4, 0.5) is 0 Å². The van der Waals surface area contributed by atoms with E-state index < -0.39 is 0 Å². The molecule has 0 atom stereocenters. The van der Waals surface area contributed by atoms with Gasteiger partial charge in [0.25, 0.3) is 0 Å². The Morgan fingerprint density at radius 3 is 2.00 bits per heavy atom. The monoisotopic (exact) mass is 135 g/mol. The largest absolute Gasteiger partial charge is 0.310 e. The van der Waals surface area contributed by atoms with Crippen molar-refractivity contribution in [2.75, 3.05) is 0 Å². The van der Waals surface area contributed by atoms with E-state index in [1.165, 1.54) is 0 Å². The van der Waals surface area contributed by atoms with E-state index >= 15 is 0 Å². The van der Waals surface area contributed by atoms with Crippen molar-refractivity contribution < 1.29 is 0 Å². The Hall–Kier alpha value is -1.03. The number of rotatable bonds is 4. The zero-order chi connectivity index (χ0) is 8.04. The molecule has 0 amide bonds. The summed E-state index contributed by atoms with van der Waals surface area (Å²) in [7, 11) is 0. The van der Waals surface area contributed by atoms with Crippen molar-refractivity contribution in [2.24, 2.45) is 0 Å². The maximum absolute atomic E-state index is 6.89. The van der Waals surface area contributed by atoms with Crippen LogP contribution in [0.1, 0.15) is 19.8 Å². The van der Waals surface area contributed by atoms with Gasteiger partial charge < -0.3 is 4.85 Å². The summed E-state index contributed by atoms with van der Waals surface area (Å²) >= 11 is 0. The van der Waals surface area contributed by atoms with Crippen LogP contribution in [0.5, 0.6) is 0 Å². The zero-order valence-corrected chi connectivity index (χ0v) is 6.43. The van der Waals surface area contributed by atoms with Gasteiger partial charge in [-0.2, -0.15) is 0 Å². The fourth-order valence-electron chi connectivity index (χ4n) is 0.797. The maximum Gasteiger partial charge on any atom is 0.236 e. The highest BCUT2D eigenvalue weighted by Gasteiger charge is 2.25. The third-order valence-electron chi connectivity index (χ3n) is 1.44. The molecule has 0 saturated heterocycles. The molecule has 0 aromatic carbocycles. The van der Waals surface area contributed by atoms with Gasteiger partial charge in [-0.15, -0.1) is 13.2 Å². The van der Waals surface area contributed by atoms with Crippen LogP contribution in [0, 0.1) is 6.57 Å². The zero-order valence-electron chi connectivity index (χ0n) is 6.43. The standard InChI is InChI=1S/C9H13N/c1-5-7-9(3,10-4)8-6-2/h5-6H,1-2,7-8H2,3H3. The first kappa shape index (κ1) is 8.97. The lowest BCUT2D eigenvalue weighted by Crippen LogP contribution is -2.16. The molecule has 1 heteroatoms. The van der Waals surface area contributed by atoms with Gasteiger partial charge in [0.1, 0.15) is 0 Å². The van der Waals surface area contributed by atoms with Crippen molar-refractivity contribution in [3.05, 3.63) is 36.7 Å². The van der Waals surface area contributed by atoms with Gasteiger partial charge in [0.05, 0.1) is 0 Å². The minimum atomic E-state index is -0.302. The Morgan fingerprint density at radius 1 is 1.40 bits per heavy atom. The summed E-state index contributed by atoms with van der Waals surface area (Å²) in [5.41, 5.74) is -0.302. The van der Waals surface area contributed by atoms with Gasteiger partial charge >= 0.3 is 0 Å². The van der Waals surface area contributed by atoms with Crippen LogP contribution >= 0.6 is 0 Å². The highest BCUT2D eigenvalue weighted by Crippen LogP contribution is 2.20. The predicted octanol–water partition coefficient (Wildman–Crippen LogP) is 2.82. The van der Waals surface area contributed by atoms with Crippen LogP contribution in [0.25, 0.3) is 4.85 Å². The van der Waals surface area contributed by atoms with Crippen LogP contribution in [-0.2, 0) is 0 Å². The van der Waals surface area contributed by atoms with Gasteiger partial charge in [-0.05, 0) is 0 Å². The quantitative estimate of drug-likeness (QED) is 0.412. The van der Waals surface area contributed by atoms with Gasteiger partial charge in [-0.25, -0.2) is 6.57 Å². The van der Waals surface area contributed by atoms with E-state index in [9.17, 15) is 0 Å². The van der Waals surface area contributed by atoms with E-state index in [0.29, 0.717) is 0 Å². The van der Waals surface area contributed by atoms with Crippen molar-refractivity contribution in [1.82, 2.24) is 0 Å². The lowest BCUT2D eigenvalue weighted by molar-refractivity contribution is 0.570. The second-order valence-corrected chi connectivity index (χ2v) is 2.59. The Bertz CT molecular complexity index is 152. The molecule has 1 nitrogen and oxygen atoms in total. The molecule has 0 aliphatic rings. The normalized spacial score (nSPS) is 10.0. The second-order valence-electron chi connectivity index (χ2n) is 2.59. The Labute approximate surface area is 62.9 Å². The molecule has 0 saturated carbocycles. The summed E-state index contributed by atoms with van der Waals surface area (Å²) in [4.78, 5) is 3.51. The average molecular weight is 135 g/mol. The first-order valence-corrected chi connectivity index (χ1v) is 3.29. The fraction of sp³-hybridized carbons (Fsp3) is 0.444. The van der Waals surface area contributed by atoms with Gasteiger partial charge in [0.15, 0.2) is 0 Å². The van der Waals surface area contributed by atoms with Crippen LogP contribution in [0.2, 0.25) is 0 Å². The molecule has 0 aromatic rings. The summed E-state index contributed by atoms with van der Waals surface area (Å²) in [6, 6.07) is 0. The molecule has 10 heavy (non-hydrogen) atoms. The Balaban J connectivity index is 4.09. The molecule has 0 aliphatic carbocycles. The minimum absolute atomic E-state index is 0.302. The van der Waals surface area contributed by atoms with Crippen molar-refractivity contribution in [3.8, 4) is 0 Å². The molecule has 54 valence electrons.